The van der Waals surface area contributed by atoms with Gasteiger partial charge < -0.3 is 10.2 Å². The number of halogens is 2. The lowest BCUT2D eigenvalue weighted by atomic mass is 9.85. The van der Waals surface area contributed by atoms with E-state index in [2.05, 4.69) is 0 Å². The van der Waals surface area contributed by atoms with Crippen molar-refractivity contribution in [2.24, 2.45) is 0 Å². The predicted octanol–water partition coefficient (Wildman–Crippen LogP) is 3.84. The molecular formula is C24H28ClFN2O5S. The minimum absolute atomic E-state index is 0.130. The molecule has 0 bridgehead atoms. The number of aliphatic hydroxyl groups excluding tert-OH is 1. The molecule has 0 saturated carbocycles. The zero-order chi connectivity index (χ0) is 26.0. The van der Waals surface area contributed by atoms with Crippen LogP contribution in [0.4, 0.5) is 4.39 Å². The van der Waals surface area contributed by atoms with E-state index >= 15 is 0 Å². The second-order valence-corrected chi connectivity index (χ2v) is 11.0. The molecule has 1 amide bonds. The molecule has 0 aliphatic carbocycles. The van der Waals surface area contributed by atoms with Crippen LogP contribution in [0.2, 0.25) is 5.02 Å². The van der Waals surface area contributed by atoms with E-state index in [1.54, 1.807) is 13.8 Å². The molecule has 1 atom stereocenters. The van der Waals surface area contributed by atoms with Crippen LogP contribution in [0.25, 0.3) is 0 Å². The van der Waals surface area contributed by atoms with E-state index in [0.29, 0.717) is 11.1 Å². The van der Waals surface area contributed by atoms with Crippen LogP contribution in [0.1, 0.15) is 74.3 Å². The molecule has 3 N–H and O–H groups in total. The number of nitrogens with zero attached hydrogens (tertiary/aromatic N) is 1. The van der Waals surface area contributed by atoms with Crippen molar-refractivity contribution in [3.05, 3.63) is 62.9 Å². The molecular weight excluding hydrogens is 483 g/mol. The maximum atomic E-state index is 15.0. The van der Waals surface area contributed by atoms with Gasteiger partial charge in [-0.15, -0.1) is 0 Å². The molecule has 1 unspecified atom stereocenters. The molecule has 34 heavy (non-hydrogen) atoms. The predicted molar refractivity (Wildman–Crippen MR) is 126 cm³/mol. The zero-order valence-electron chi connectivity index (χ0n) is 19.6. The number of benzene rings is 2. The van der Waals surface area contributed by atoms with Crippen molar-refractivity contribution >= 4 is 27.5 Å². The topological polar surface area (TPSA) is 127 Å². The lowest BCUT2D eigenvalue weighted by Gasteiger charge is -2.22. The Hall–Kier alpha value is -2.51. The monoisotopic (exact) mass is 510 g/mol. The van der Waals surface area contributed by atoms with E-state index in [9.17, 15) is 33.1 Å². The van der Waals surface area contributed by atoms with E-state index in [-0.39, 0.29) is 38.4 Å². The van der Waals surface area contributed by atoms with Gasteiger partial charge >= 0.3 is 0 Å². The maximum Gasteiger partial charge on any atom is 0.265 e. The molecule has 0 radical (unpaired) electrons. The molecule has 0 fully saturated rings. The lowest BCUT2D eigenvalue weighted by Crippen LogP contribution is -2.33. The summed E-state index contributed by atoms with van der Waals surface area (Å²) in [6, 6.07) is 6.83. The van der Waals surface area contributed by atoms with Gasteiger partial charge in [-0.1, -0.05) is 45.4 Å². The third-order valence-corrected chi connectivity index (χ3v) is 7.36. The van der Waals surface area contributed by atoms with Crippen molar-refractivity contribution in [1.29, 1.82) is 5.26 Å². The largest absolute Gasteiger partial charge is 0.393 e. The van der Waals surface area contributed by atoms with Gasteiger partial charge in [0.1, 0.15) is 22.4 Å². The first-order chi connectivity index (χ1) is 15.7. The summed E-state index contributed by atoms with van der Waals surface area (Å²) in [7, 11) is -4.39. The minimum Gasteiger partial charge on any atom is -0.393 e. The number of hydrogen-bond acceptors (Lipinski definition) is 6. The fourth-order valence-electron chi connectivity index (χ4n) is 3.68. The SMILES string of the molecule is CC(C)c1cc(C#N)c(F)c(C(C)C)c1CC(=O)NS(=O)(=O)c1ccc(C(C)(O)CO)cc1Cl. The number of sulfonamides is 1. The van der Waals surface area contributed by atoms with Gasteiger partial charge in [0.15, 0.2) is 0 Å². The molecule has 0 spiro atoms. The van der Waals surface area contributed by atoms with Crippen LogP contribution < -0.4 is 4.72 Å². The molecule has 2 rings (SSSR count). The van der Waals surface area contributed by atoms with E-state index in [1.165, 1.54) is 25.1 Å². The van der Waals surface area contributed by atoms with Crippen molar-refractivity contribution in [3.63, 3.8) is 0 Å². The average Bonchev–Trinajstić information content (AvgIpc) is 2.72. The third kappa shape index (κ3) is 5.76. The van der Waals surface area contributed by atoms with Crippen molar-refractivity contribution in [1.82, 2.24) is 4.72 Å². The van der Waals surface area contributed by atoms with Gasteiger partial charge in [-0.2, -0.15) is 5.26 Å². The normalized spacial score (nSPS) is 13.6. The molecule has 7 nitrogen and oxygen atoms in total. The molecule has 0 saturated heterocycles. The van der Waals surface area contributed by atoms with Crippen LogP contribution in [-0.2, 0) is 26.8 Å². The highest BCUT2D eigenvalue weighted by atomic mass is 35.5. The number of aliphatic hydroxyl groups is 2. The first kappa shape index (κ1) is 27.7. The number of nitrogens with one attached hydrogen (secondary N) is 1. The second-order valence-electron chi connectivity index (χ2n) is 8.92. The summed E-state index contributed by atoms with van der Waals surface area (Å²) in [6.45, 7) is 7.85. The van der Waals surface area contributed by atoms with E-state index < -0.39 is 40.4 Å². The highest BCUT2D eigenvalue weighted by molar-refractivity contribution is 7.90. The Bertz CT molecular complexity index is 1250. The number of nitriles is 1. The van der Waals surface area contributed by atoms with Crippen LogP contribution in [0.15, 0.2) is 29.2 Å². The highest BCUT2D eigenvalue weighted by Gasteiger charge is 2.28. The van der Waals surface area contributed by atoms with Crippen LogP contribution in [0.5, 0.6) is 0 Å². The van der Waals surface area contributed by atoms with Crippen molar-refractivity contribution < 1.29 is 27.8 Å². The number of amides is 1. The molecule has 2 aromatic rings. The van der Waals surface area contributed by atoms with Gasteiger partial charge in [-0.3, -0.25) is 4.79 Å². The lowest BCUT2D eigenvalue weighted by molar-refractivity contribution is -0.118. The van der Waals surface area contributed by atoms with Crippen LogP contribution in [0, 0.1) is 17.1 Å². The van der Waals surface area contributed by atoms with Gasteiger partial charge in [0.25, 0.3) is 10.0 Å². The molecule has 2 aromatic carbocycles. The van der Waals surface area contributed by atoms with Crippen molar-refractivity contribution in [2.75, 3.05) is 6.61 Å². The van der Waals surface area contributed by atoms with E-state index in [0.717, 1.165) is 6.07 Å². The van der Waals surface area contributed by atoms with Crippen molar-refractivity contribution in [2.45, 2.75) is 63.4 Å². The maximum absolute atomic E-state index is 15.0. The molecule has 10 heteroatoms. The first-order valence-corrected chi connectivity index (χ1v) is 12.5. The molecule has 0 aliphatic rings. The fourth-order valence-corrected chi connectivity index (χ4v) is 5.21. The van der Waals surface area contributed by atoms with Gasteiger partial charge in [-0.25, -0.2) is 17.5 Å². The fraction of sp³-hybridized carbons (Fsp3) is 0.417. The van der Waals surface area contributed by atoms with E-state index in [1.807, 2.05) is 24.6 Å². The number of carbonyl (C=O) groups is 1. The average molecular weight is 511 g/mol. The second kappa shape index (κ2) is 10.4. The Morgan fingerprint density at radius 1 is 1.24 bits per heavy atom. The Morgan fingerprint density at radius 2 is 1.85 bits per heavy atom. The van der Waals surface area contributed by atoms with Crippen LogP contribution in [-0.4, -0.2) is 31.1 Å². The standard InChI is InChI=1S/C24H28ClFN2O5S/c1-13(2)17-8-15(11-27)23(26)22(14(3)4)18(17)10-21(30)28-34(32,33)20-7-6-16(9-19(20)25)24(5,31)12-29/h6-9,13-14,29,31H,10,12H2,1-5H3,(H,28,30). The summed E-state index contributed by atoms with van der Waals surface area (Å²) in [5.41, 5.74) is -0.437. The van der Waals surface area contributed by atoms with E-state index in [4.69, 9.17) is 11.6 Å². The van der Waals surface area contributed by atoms with Crippen LogP contribution in [0.3, 0.4) is 0 Å². The highest BCUT2D eigenvalue weighted by Crippen LogP contribution is 2.33. The van der Waals surface area contributed by atoms with Gasteiger partial charge in [0.05, 0.1) is 23.6 Å². The summed E-state index contributed by atoms with van der Waals surface area (Å²) in [5.74, 6) is -2.12. The quantitative estimate of drug-likeness (QED) is 0.495. The molecule has 0 aliphatic heterocycles. The zero-order valence-corrected chi connectivity index (χ0v) is 21.2. The summed E-state index contributed by atoms with van der Waals surface area (Å²) in [4.78, 5) is 12.4. The smallest absolute Gasteiger partial charge is 0.265 e. The molecule has 0 aromatic heterocycles. The Kier molecular flexibility index (Phi) is 8.48. The Morgan fingerprint density at radius 3 is 2.32 bits per heavy atom. The summed E-state index contributed by atoms with van der Waals surface area (Å²) < 4.78 is 42.6. The van der Waals surface area contributed by atoms with Gasteiger partial charge in [0, 0.05) is 0 Å². The summed E-state index contributed by atoms with van der Waals surface area (Å²) >= 11 is 6.10. The third-order valence-electron chi connectivity index (χ3n) is 5.50. The van der Waals surface area contributed by atoms with Gasteiger partial charge in [0.2, 0.25) is 5.91 Å². The van der Waals surface area contributed by atoms with Crippen LogP contribution >= 0.6 is 11.6 Å². The number of hydrogen-bond donors (Lipinski definition) is 3. The summed E-state index contributed by atoms with van der Waals surface area (Å²) in [5, 5.41) is 28.5. The number of carbonyl (C=O) groups excluding carboxylic acids is 1. The van der Waals surface area contributed by atoms with Gasteiger partial charge in [-0.05, 0) is 59.2 Å². The summed E-state index contributed by atoms with van der Waals surface area (Å²) in [6.07, 6.45) is -0.419. The minimum atomic E-state index is -4.39. The van der Waals surface area contributed by atoms with Crippen molar-refractivity contribution in [3.8, 4) is 6.07 Å². The molecule has 184 valence electrons. The Labute approximate surface area is 204 Å². The number of rotatable bonds is 8. The molecule has 0 heterocycles. The first-order valence-electron chi connectivity index (χ1n) is 10.6. The Balaban J connectivity index is 2.45.